The van der Waals surface area contributed by atoms with E-state index >= 15 is 0 Å². The van der Waals surface area contributed by atoms with Crippen molar-refractivity contribution in [2.24, 2.45) is 0 Å². The quantitative estimate of drug-likeness (QED) is 0.735. The van der Waals surface area contributed by atoms with E-state index in [1.165, 1.54) is 19.1 Å². The van der Waals surface area contributed by atoms with E-state index in [1.807, 2.05) is 18.2 Å². The zero-order valence-corrected chi connectivity index (χ0v) is 11.4. The molecule has 3 aromatic rings. The Bertz CT molecular complexity index is 791. The van der Waals surface area contributed by atoms with Crippen LogP contribution < -0.4 is 0 Å². The Morgan fingerprint density at radius 1 is 1.10 bits per heavy atom. The lowest BCUT2D eigenvalue weighted by Gasteiger charge is -2.03. The number of carbonyl (C=O) groups is 1. The highest BCUT2D eigenvalue weighted by Crippen LogP contribution is 2.25. The number of nitrogens with one attached hydrogen (secondary N) is 1. The molecule has 0 aliphatic rings. The molecule has 0 amide bonds. The van der Waals surface area contributed by atoms with Crippen LogP contribution in [0, 0.1) is 5.82 Å². The molecule has 104 valence electrons. The highest BCUT2D eigenvalue weighted by molar-refractivity contribution is 6.00. The van der Waals surface area contributed by atoms with Crippen LogP contribution in [0.4, 0.5) is 4.39 Å². The number of nitrogens with zero attached hydrogens (tertiary/aromatic N) is 1. The molecule has 0 spiro atoms. The second-order valence-electron chi connectivity index (χ2n) is 4.75. The monoisotopic (exact) mass is 280 g/mol. The van der Waals surface area contributed by atoms with Crippen molar-refractivity contribution in [3.63, 3.8) is 0 Å². The summed E-state index contributed by atoms with van der Waals surface area (Å²) in [7, 11) is 0. The first kappa shape index (κ1) is 13.2. The average Bonchev–Trinajstić information content (AvgIpc) is 2.97. The van der Waals surface area contributed by atoms with Gasteiger partial charge in [-0.05, 0) is 36.8 Å². The molecule has 1 aromatic heterocycles. The number of rotatable bonds is 3. The van der Waals surface area contributed by atoms with Crippen LogP contribution in [0.15, 0.2) is 54.7 Å². The summed E-state index contributed by atoms with van der Waals surface area (Å²) in [6.07, 6.45) is 1.68. The number of halogens is 1. The predicted molar refractivity (Wildman–Crippen MR) is 79.4 cm³/mol. The molecule has 21 heavy (non-hydrogen) atoms. The van der Waals surface area contributed by atoms with E-state index in [2.05, 4.69) is 9.97 Å². The molecule has 0 saturated heterocycles. The van der Waals surface area contributed by atoms with Crippen LogP contribution in [-0.4, -0.2) is 15.8 Å². The Kier molecular flexibility index (Phi) is 3.36. The fraction of sp³-hybridized carbons (Fsp3) is 0.0588. The molecule has 0 saturated carbocycles. The predicted octanol–water partition coefficient (Wildman–Crippen LogP) is 4.09. The molecule has 0 atom stereocenters. The van der Waals surface area contributed by atoms with Crippen molar-refractivity contribution < 1.29 is 9.18 Å². The minimum absolute atomic E-state index is 0.00895. The highest BCUT2D eigenvalue weighted by atomic mass is 19.1. The third-order valence-corrected chi connectivity index (χ3v) is 3.29. The molecular weight excluding hydrogens is 267 g/mol. The first-order valence-corrected chi connectivity index (χ1v) is 6.56. The third kappa shape index (κ3) is 2.60. The van der Waals surface area contributed by atoms with Gasteiger partial charge in [0.05, 0.1) is 11.9 Å². The fourth-order valence-corrected chi connectivity index (χ4v) is 2.23. The Hall–Kier alpha value is -2.75. The van der Waals surface area contributed by atoms with Crippen LogP contribution in [0.5, 0.6) is 0 Å². The second-order valence-corrected chi connectivity index (χ2v) is 4.75. The fourth-order valence-electron chi connectivity index (χ4n) is 2.23. The van der Waals surface area contributed by atoms with Gasteiger partial charge in [0.2, 0.25) is 0 Å². The average molecular weight is 280 g/mol. The zero-order valence-electron chi connectivity index (χ0n) is 11.4. The van der Waals surface area contributed by atoms with Crippen molar-refractivity contribution in [2.45, 2.75) is 6.92 Å². The third-order valence-electron chi connectivity index (χ3n) is 3.29. The van der Waals surface area contributed by atoms with Crippen molar-refractivity contribution in [2.75, 3.05) is 0 Å². The molecule has 3 rings (SSSR count). The van der Waals surface area contributed by atoms with E-state index in [0.29, 0.717) is 11.4 Å². The number of hydrogen-bond acceptors (Lipinski definition) is 2. The molecule has 0 aliphatic heterocycles. The highest BCUT2D eigenvalue weighted by Gasteiger charge is 2.12. The maximum absolute atomic E-state index is 13.0. The van der Waals surface area contributed by atoms with E-state index in [0.717, 1.165) is 16.8 Å². The molecule has 4 heteroatoms. The molecule has 0 radical (unpaired) electrons. The normalized spacial score (nSPS) is 10.6. The van der Waals surface area contributed by atoms with Crippen molar-refractivity contribution in [3.05, 3.63) is 66.1 Å². The number of benzene rings is 2. The number of imidazole rings is 1. The van der Waals surface area contributed by atoms with Gasteiger partial charge in [0.25, 0.3) is 0 Å². The van der Waals surface area contributed by atoms with Gasteiger partial charge in [-0.25, -0.2) is 9.37 Å². The Labute approximate surface area is 121 Å². The van der Waals surface area contributed by atoms with Gasteiger partial charge in [-0.3, -0.25) is 4.79 Å². The van der Waals surface area contributed by atoms with Gasteiger partial charge in [0, 0.05) is 11.1 Å². The Morgan fingerprint density at radius 3 is 2.52 bits per heavy atom. The smallest absolute Gasteiger partial charge is 0.160 e. The summed E-state index contributed by atoms with van der Waals surface area (Å²) in [5.74, 6) is 0.339. The number of ketones is 1. The van der Waals surface area contributed by atoms with Gasteiger partial charge in [0.1, 0.15) is 11.6 Å². The SMILES string of the molecule is CC(=O)c1ccccc1-c1ncc(-c2ccc(F)cc2)[nH]1. The molecule has 0 bridgehead atoms. The van der Waals surface area contributed by atoms with Gasteiger partial charge in [0.15, 0.2) is 5.78 Å². The standard InChI is InChI=1S/C17H13FN2O/c1-11(21)14-4-2-3-5-15(14)17-19-10-16(20-17)12-6-8-13(18)9-7-12/h2-10H,1H3,(H,19,20). The summed E-state index contributed by atoms with van der Waals surface area (Å²) in [6.45, 7) is 1.53. The first-order chi connectivity index (χ1) is 10.1. The van der Waals surface area contributed by atoms with Crippen LogP contribution in [0.25, 0.3) is 22.6 Å². The molecule has 1 heterocycles. The summed E-state index contributed by atoms with van der Waals surface area (Å²) in [5, 5.41) is 0. The summed E-state index contributed by atoms with van der Waals surface area (Å²) < 4.78 is 13.0. The molecule has 0 unspecified atom stereocenters. The van der Waals surface area contributed by atoms with Gasteiger partial charge in [-0.15, -0.1) is 0 Å². The van der Waals surface area contributed by atoms with Crippen molar-refractivity contribution in [3.8, 4) is 22.6 Å². The summed E-state index contributed by atoms with van der Waals surface area (Å²) in [4.78, 5) is 19.2. The lowest BCUT2D eigenvalue weighted by molar-refractivity contribution is 0.101. The molecule has 1 N–H and O–H groups in total. The topological polar surface area (TPSA) is 45.8 Å². The Morgan fingerprint density at radius 2 is 1.81 bits per heavy atom. The van der Waals surface area contributed by atoms with Crippen molar-refractivity contribution in [1.82, 2.24) is 9.97 Å². The van der Waals surface area contributed by atoms with Crippen LogP contribution >= 0.6 is 0 Å². The number of carbonyl (C=O) groups excluding carboxylic acids is 1. The van der Waals surface area contributed by atoms with Crippen LogP contribution in [-0.2, 0) is 0 Å². The Balaban J connectivity index is 2.03. The molecule has 0 aliphatic carbocycles. The van der Waals surface area contributed by atoms with E-state index in [9.17, 15) is 9.18 Å². The maximum atomic E-state index is 13.0. The van der Waals surface area contributed by atoms with E-state index in [-0.39, 0.29) is 11.6 Å². The zero-order chi connectivity index (χ0) is 14.8. The van der Waals surface area contributed by atoms with Crippen LogP contribution in [0.2, 0.25) is 0 Å². The van der Waals surface area contributed by atoms with E-state index in [1.54, 1.807) is 24.4 Å². The summed E-state index contributed by atoms with van der Waals surface area (Å²) in [6, 6.07) is 13.5. The molecule has 3 nitrogen and oxygen atoms in total. The summed E-state index contributed by atoms with van der Waals surface area (Å²) in [5.41, 5.74) is 3.01. The lowest BCUT2D eigenvalue weighted by Crippen LogP contribution is -1.96. The largest absolute Gasteiger partial charge is 0.338 e. The first-order valence-electron chi connectivity index (χ1n) is 6.56. The second kappa shape index (κ2) is 5.32. The number of hydrogen-bond donors (Lipinski definition) is 1. The minimum Gasteiger partial charge on any atom is -0.338 e. The lowest BCUT2D eigenvalue weighted by atomic mass is 10.0. The van der Waals surface area contributed by atoms with E-state index in [4.69, 9.17) is 0 Å². The molecular formula is C17H13FN2O. The van der Waals surface area contributed by atoms with Crippen molar-refractivity contribution in [1.29, 1.82) is 0 Å². The van der Waals surface area contributed by atoms with Gasteiger partial charge in [-0.1, -0.05) is 24.3 Å². The van der Waals surface area contributed by atoms with Crippen LogP contribution in [0.3, 0.4) is 0 Å². The molecule has 2 aromatic carbocycles. The van der Waals surface area contributed by atoms with Gasteiger partial charge >= 0.3 is 0 Å². The maximum Gasteiger partial charge on any atom is 0.160 e. The van der Waals surface area contributed by atoms with Crippen molar-refractivity contribution >= 4 is 5.78 Å². The van der Waals surface area contributed by atoms with Gasteiger partial charge in [-0.2, -0.15) is 0 Å². The number of Topliss-reactive ketones (excluding diaryl/α,β-unsaturated/α-hetero) is 1. The summed E-state index contributed by atoms with van der Waals surface area (Å²) >= 11 is 0. The minimum atomic E-state index is -0.277. The number of H-pyrrole nitrogens is 1. The molecule has 0 fully saturated rings. The van der Waals surface area contributed by atoms with E-state index < -0.39 is 0 Å². The number of aromatic nitrogens is 2. The number of aromatic amines is 1. The van der Waals surface area contributed by atoms with Gasteiger partial charge < -0.3 is 4.98 Å². The van der Waals surface area contributed by atoms with Crippen LogP contribution in [0.1, 0.15) is 17.3 Å².